The number of aromatic nitrogens is 8. The van der Waals surface area contributed by atoms with Gasteiger partial charge in [0.05, 0.1) is 22.9 Å². The molecule has 208 valence electrons. The van der Waals surface area contributed by atoms with Crippen molar-refractivity contribution in [1.82, 2.24) is 39.9 Å². The monoisotopic (exact) mass is 613 g/mol. The summed E-state index contributed by atoms with van der Waals surface area (Å²) in [5, 5.41) is 14.3. The molecule has 8 bridgehead atoms. The van der Waals surface area contributed by atoms with Gasteiger partial charge in [0, 0.05) is 38.5 Å². The van der Waals surface area contributed by atoms with Crippen LogP contribution in [0.1, 0.15) is 0 Å². The zero-order chi connectivity index (χ0) is 28.7. The number of fused-ring (bicyclic) bond motifs is 20. The molecule has 4 aromatic carbocycles. The Hall–Kier alpha value is -5.84. The van der Waals surface area contributed by atoms with Crippen LogP contribution >= 0.6 is 0 Å². The molecule has 0 aliphatic carbocycles. The summed E-state index contributed by atoms with van der Waals surface area (Å²) in [6.45, 7) is 0. The topological polar surface area (TPSA) is 150 Å². The zero-order valence-electron chi connectivity index (χ0n) is 22.3. The zero-order valence-corrected chi connectivity index (χ0v) is 23.4. The van der Waals surface area contributed by atoms with E-state index in [0.29, 0.717) is 56.7 Å². The number of hydrogen-bond donors (Lipinski definition) is 1. The second kappa shape index (κ2) is 9.60. The number of nitrogens with one attached hydrogen (secondary N) is 1. The number of non-ortho nitro benzene ring substituents is 1. The summed E-state index contributed by atoms with van der Waals surface area (Å²) >= 11 is 0. The molecule has 7 aromatic rings. The molecule has 11 nitrogen and oxygen atoms in total. The molecule has 0 spiro atoms. The number of nitro benzene ring substituents is 1. The van der Waals surface area contributed by atoms with Crippen molar-refractivity contribution in [2.24, 2.45) is 0 Å². The standard InChI is InChI=1S/C32H15N9O2.Fe/c42-41(43)16-13-14-23-24(15-16)32-39-30-22-12-6-5-11-21(22)28(37-30)35-26-18-8-2-1-7-17(18)25(33-26)34-27-19-9-3-4-10-20(19)29(36-27)38-31(23)40-32;/h1-14H,(H-,33,34,35,36,37,38,39,40);/q-2;+2. The Bertz CT molecular complexity index is 2520. The molecule has 1 N–H and O–H groups in total. The Morgan fingerprint density at radius 3 is 1.59 bits per heavy atom. The van der Waals surface area contributed by atoms with E-state index in [9.17, 15) is 10.1 Å². The van der Waals surface area contributed by atoms with Crippen LogP contribution in [0.5, 0.6) is 0 Å². The van der Waals surface area contributed by atoms with Crippen LogP contribution in [-0.2, 0) is 17.1 Å². The third-order valence-corrected chi connectivity index (χ3v) is 7.58. The van der Waals surface area contributed by atoms with Gasteiger partial charge in [-0.25, -0.2) is 15.0 Å². The van der Waals surface area contributed by atoms with Crippen molar-refractivity contribution < 1.29 is 22.0 Å². The summed E-state index contributed by atoms with van der Waals surface area (Å²) in [7, 11) is 0. The van der Waals surface area contributed by atoms with E-state index in [4.69, 9.17) is 34.9 Å². The average Bonchev–Trinajstić information content (AvgIpc) is 3.76. The van der Waals surface area contributed by atoms with Gasteiger partial charge in [-0.3, -0.25) is 15.1 Å². The molecule has 44 heavy (non-hydrogen) atoms. The second-order valence-electron chi connectivity index (χ2n) is 10.1. The van der Waals surface area contributed by atoms with Crippen molar-refractivity contribution in [2.75, 3.05) is 0 Å². The number of rotatable bonds is 1. The third kappa shape index (κ3) is 3.82. The molecule has 12 heteroatoms. The maximum absolute atomic E-state index is 11.7. The van der Waals surface area contributed by atoms with E-state index in [0.717, 1.165) is 33.0 Å². The van der Waals surface area contributed by atoms with Crippen molar-refractivity contribution in [3.63, 3.8) is 0 Å². The molecule has 0 saturated carbocycles. The number of H-pyrrole nitrogens is 1. The molecular weight excluding hydrogens is 598 g/mol. The SMILES string of the molecule is O=[N+]([O-])c1[c-]c2c3nc4nc(nc5[n-]c(nc6nc(nc([nH]3)c2cc1)-c1ccccc1-6)c1ccccc51)-c1ccccc1-4.[Fe+2]. The Kier molecular flexibility index (Phi) is 5.63. The fourth-order valence-corrected chi connectivity index (χ4v) is 5.59. The Labute approximate surface area is 257 Å². The molecule has 0 atom stereocenters. The number of benzene rings is 4. The van der Waals surface area contributed by atoms with Gasteiger partial charge in [0.2, 0.25) is 0 Å². The van der Waals surface area contributed by atoms with Gasteiger partial charge < -0.3 is 19.9 Å². The molecule has 0 unspecified atom stereocenters. The quantitative estimate of drug-likeness (QED) is 0.0987. The second-order valence-corrected chi connectivity index (χ2v) is 10.1. The molecule has 0 fully saturated rings. The van der Waals surface area contributed by atoms with Gasteiger partial charge in [-0.15, -0.1) is 6.07 Å². The molecule has 3 aromatic heterocycles. The van der Waals surface area contributed by atoms with Gasteiger partial charge in [-0.05, 0) is 10.8 Å². The molecular formula is C32H15FeN9O2. The Morgan fingerprint density at radius 2 is 1.07 bits per heavy atom. The van der Waals surface area contributed by atoms with Gasteiger partial charge in [-0.1, -0.05) is 95.7 Å². The summed E-state index contributed by atoms with van der Waals surface area (Å²) in [6.07, 6.45) is 0. The van der Waals surface area contributed by atoms with E-state index in [1.165, 1.54) is 6.07 Å². The van der Waals surface area contributed by atoms with Crippen molar-refractivity contribution in [3.8, 4) is 45.6 Å². The number of nitrogens with zero attached hydrogens (tertiary/aromatic N) is 8. The minimum absolute atomic E-state index is 0. The first-order valence-electron chi connectivity index (χ1n) is 13.4. The van der Waals surface area contributed by atoms with E-state index in [1.807, 2.05) is 72.8 Å². The third-order valence-electron chi connectivity index (χ3n) is 7.58. The van der Waals surface area contributed by atoms with Crippen LogP contribution in [0.15, 0.2) is 84.9 Å². The van der Waals surface area contributed by atoms with E-state index in [-0.39, 0.29) is 22.8 Å². The molecule has 0 amide bonds. The van der Waals surface area contributed by atoms with Crippen LogP contribution in [0, 0.1) is 16.2 Å². The van der Waals surface area contributed by atoms with Crippen LogP contribution in [0.4, 0.5) is 5.69 Å². The number of hydrogen-bond acceptors (Lipinski definition) is 8. The van der Waals surface area contributed by atoms with Crippen LogP contribution in [0.25, 0.3) is 89.7 Å². The maximum Gasteiger partial charge on any atom is 2.00 e. The van der Waals surface area contributed by atoms with E-state index in [1.54, 1.807) is 6.07 Å². The van der Waals surface area contributed by atoms with Crippen molar-refractivity contribution >= 4 is 49.8 Å². The minimum Gasteiger partial charge on any atom is -0.372 e. The van der Waals surface area contributed by atoms with Crippen LogP contribution in [-0.4, -0.2) is 39.8 Å². The molecule has 0 saturated heterocycles. The average molecular weight is 613 g/mol. The summed E-state index contributed by atoms with van der Waals surface area (Å²) in [4.78, 5) is 48.4. The summed E-state index contributed by atoms with van der Waals surface area (Å²) in [5.74, 6) is 1.76. The molecule has 2 aliphatic heterocycles. The largest absolute Gasteiger partial charge is 2.00 e. The van der Waals surface area contributed by atoms with Gasteiger partial charge in [0.15, 0.2) is 17.3 Å². The van der Waals surface area contributed by atoms with Gasteiger partial charge in [0.25, 0.3) is 0 Å². The normalized spacial score (nSPS) is 11.6. The first-order valence-corrected chi connectivity index (χ1v) is 13.4. The Balaban J connectivity index is 0.00000289. The van der Waals surface area contributed by atoms with Gasteiger partial charge in [0.1, 0.15) is 0 Å². The number of nitro groups is 1. The van der Waals surface area contributed by atoms with E-state index >= 15 is 0 Å². The van der Waals surface area contributed by atoms with Gasteiger partial charge in [-0.2, -0.15) is 0 Å². The first-order chi connectivity index (χ1) is 21.1. The molecule has 9 rings (SSSR count). The summed E-state index contributed by atoms with van der Waals surface area (Å²) < 4.78 is 0. The molecule has 5 heterocycles. The smallest absolute Gasteiger partial charge is 0.372 e. The Morgan fingerprint density at radius 1 is 0.591 bits per heavy atom. The van der Waals surface area contributed by atoms with Gasteiger partial charge >= 0.3 is 17.1 Å². The first kappa shape index (κ1) is 25.8. The van der Waals surface area contributed by atoms with Crippen LogP contribution in [0.3, 0.4) is 0 Å². The van der Waals surface area contributed by atoms with E-state index in [2.05, 4.69) is 11.1 Å². The molecule has 0 radical (unpaired) electrons. The fraction of sp³-hybridized carbons (Fsp3) is 0. The van der Waals surface area contributed by atoms with Crippen molar-refractivity contribution in [1.29, 1.82) is 0 Å². The summed E-state index contributed by atoms with van der Waals surface area (Å²) in [5.41, 5.74) is 4.73. The molecule has 2 aliphatic rings. The fourth-order valence-electron chi connectivity index (χ4n) is 5.59. The maximum atomic E-state index is 11.7. The predicted molar refractivity (Wildman–Crippen MR) is 161 cm³/mol. The minimum atomic E-state index is -0.485. The van der Waals surface area contributed by atoms with E-state index < -0.39 is 4.92 Å². The van der Waals surface area contributed by atoms with Crippen molar-refractivity contribution in [3.05, 3.63) is 101 Å². The van der Waals surface area contributed by atoms with Crippen LogP contribution < -0.4 is 4.98 Å². The summed E-state index contributed by atoms with van der Waals surface area (Å²) in [6, 6.07) is 29.1. The number of aromatic amines is 1. The predicted octanol–water partition coefficient (Wildman–Crippen LogP) is 6.20. The van der Waals surface area contributed by atoms with Crippen molar-refractivity contribution in [2.45, 2.75) is 0 Å². The van der Waals surface area contributed by atoms with Crippen LogP contribution in [0.2, 0.25) is 0 Å².